The highest BCUT2D eigenvalue weighted by Crippen LogP contribution is 2.21. The molecule has 0 radical (unpaired) electrons. The fourth-order valence-corrected chi connectivity index (χ4v) is 1.98. The van der Waals surface area contributed by atoms with E-state index in [1.54, 1.807) is 0 Å². The summed E-state index contributed by atoms with van der Waals surface area (Å²) in [5.74, 6) is 0. The third kappa shape index (κ3) is 3.57. The predicted molar refractivity (Wildman–Crippen MR) is 65.6 cm³/mol. The summed E-state index contributed by atoms with van der Waals surface area (Å²) in [7, 11) is 1.83. The van der Waals surface area contributed by atoms with Crippen LogP contribution in [0.1, 0.15) is 18.1 Å². The van der Waals surface area contributed by atoms with Gasteiger partial charge in [0.1, 0.15) is 0 Å². The maximum absolute atomic E-state index is 10.1. The Kier molecular flexibility index (Phi) is 5.25. The molecule has 84 valence electrons. The summed E-state index contributed by atoms with van der Waals surface area (Å²) in [6, 6.07) is 7.69. The molecule has 1 aromatic carbocycles. The summed E-state index contributed by atoms with van der Waals surface area (Å²) < 4.78 is 0.974. The lowest BCUT2D eigenvalue weighted by molar-refractivity contribution is 0.129. The number of nitrogens with two attached hydrogens (primary N) is 1. The Bertz CT molecular complexity index is 306. The summed E-state index contributed by atoms with van der Waals surface area (Å²) in [6.45, 7) is 0.566. The molecule has 2 atom stereocenters. The van der Waals surface area contributed by atoms with E-state index in [1.165, 1.54) is 0 Å². The van der Waals surface area contributed by atoms with Crippen molar-refractivity contribution in [2.75, 3.05) is 13.6 Å². The molecule has 0 heterocycles. The monoisotopic (exact) mass is 272 g/mol. The first kappa shape index (κ1) is 12.6. The van der Waals surface area contributed by atoms with Gasteiger partial charge < -0.3 is 16.2 Å². The minimum Gasteiger partial charge on any atom is -0.387 e. The summed E-state index contributed by atoms with van der Waals surface area (Å²) in [5.41, 5.74) is 6.39. The van der Waals surface area contributed by atoms with Crippen molar-refractivity contribution >= 4 is 15.9 Å². The van der Waals surface area contributed by atoms with Gasteiger partial charge in [-0.15, -0.1) is 0 Å². The maximum atomic E-state index is 10.1. The van der Waals surface area contributed by atoms with E-state index in [1.807, 2.05) is 31.3 Å². The third-order valence-corrected chi connectivity index (χ3v) is 2.91. The lowest BCUT2D eigenvalue weighted by atomic mass is 10.00. The molecule has 4 N–H and O–H groups in total. The molecule has 0 fully saturated rings. The molecule has 0 amide bonds. The normalized spacial score (nSPS) is 14.9. The second kappa shape index (κ2) is 6.23. The molecule has 0 aliphatic rings. The molecule has 3 nitrogen and oxygen atoms in total. The van der Waals surface area contributed by atoms with Crippen LogP contribution >= 0.6 is 15.9 Å². The van der Waals surface area contributed by atoms with Crippen LogP contribution in [0.5, 0.6) is 0 Å². The molecule has 2 unspecified atom stereocenters. The predicted octanol–water partition coefficient (Wildman–Crippen LogP) is 1.42. The van der Waals surface area contributed by atoms with Gasteiger partial charge in [-0.25, -0.2) is 0 Å². The number of hydrogen-bond donors (Lipinski definition) is 3. The molecule has 0 aromatic heterocycles. The van der Waals surface area contributed by atoms with Gasteiger partial charge in [0.15, 0.2) is 0 Å². The Labute approximate surface area is 98.8 Å². The van der Waals surface area contributed by atoms with Crippen molar-refractivity contribution in [1.29, 1.82) is 0 Å². The molecular formula is C11H17BrN2O. The van der Waals surface area contributed by atoms with E-state index in [2.05, 4.69) is 21.2 Å². The fourth-order valence-electron chi connectivity index (χ4n) is 1.56. The minimum atomic E-state index is -0.518. The Hall–Kier alpha value is -0.420. The van der Waals surface area contributed by atoms with Crippen molar-refractivity contribution in [2.24, 2.45) is 5.73 Å². The van der Waals surface area contributed by atoms with Gasteiger partial charge in [0.2, 0.25) is 0 Å². The van der Waals surface area contributed by atoms with Gasteiger partial charge in [-0.3, -0.25) is 0 Å². The van der Waals surface area contributed by atoms with Crippen molar-refractivity contribution in [3.05, 3.63) is 34.3 Å². The number of likely N-dealkylation sites (N-methyl/N-ethyl adjacent to an activating group) is 1. The molecular weight excluding hydrogens is 256 g/mol. The molecule has 0 aliphatic carbocycles. The highest BCUT2D eigenvalue weighted by molar-refractivity contribution is 9.10. The first-order valence-corrected chi connectivity index (χ1v) is 5.79. The molecule has 0 saturated carbocycles. The lowest BCUT2D eigenvalue weighted by Crippen LogP contribution is -2.34. The topological polar surface area (TPSA) is 58.3 Å². The number of nitrogens with one attached hydrogen (secondary N) is 1. The third-order valence-electron chi connectivity index (χ3n) is 2.42. The van der Waals surface area contributed by atoms with Crippen molar-refractivity contribution in [1.82, 2.24) is 5.32 Å². The summed E-state index contributed by atoms with van der Waals surface area (Å²) in [5, 5.41) is 13.2. The Morgan fingerprint density at radius 1 is 1.53 bits per heavy atom. The first-order valence-electron chi connectivity index (χ1n) is 5.00. The largest absolute Gasteiger partial charge is 0.387 e. The van der Waals surface area contributed by atoms with Crippen LogP contribution in [0.2, 0.25) is 0 Å². The van der Waals surface area contributed by atoms with E-state index in [-0.39, 0.29) is 6.04 Å². The molecule has 15 heavy (non-hydrogen) atoms. The lowest BCUT2D eigenvalue weighted by Gasteiger charge is -2.22. The van der Waals surface area contributed by atoms with Crippen LogP contribution < -0.4 is 11.1 Å². The molecule has 0 saturated heterocycles. The van der Waals surface area contributed by atoms with E-state index >= 15 is 0 Å². The van der Waals surface area contributed by atoms with Gasteiger partial charge in [0.25, 0.3) is 0 Å². The van der Waals surface area contributed by atoms with Crippen LogP contribution in [0.15, 0.2) is 28.7 Å². The van der Waals surface area contributed by atoms with E-state index in [4.69, 9.17) is 5.73 Å². The van der Waals surface area contributed by atoms with Crippen LogP contribution in [0.25, 0.3) is 0 Å². The fraction of sp³-hybridized carbons (Fsp3) is 0.455. The van der Waals surface area contributed by atoms with Gasteiger partial charge in [-0.1, -0.05) is 28.1 Å². The van der Waals surface area contributed by atoms with Gasteiger partial charge in [-0.2, -0.15) is 0 Å². The molecule has 0 bridgehead atoms. The number of aliphatic hydroxyl groups excluding tert-OH is 1. The van der Waals surface area contributed by atoms with Gasteiger partial charge in [0, 0.05) is 10.5 Å². The summed E-state index contributed by atoms with van der Waals surface area (Å²) >= 11 is 3.38. The van der Waals surface area contributed by atoms with E-state index < -0.39 is 6.10 Å². The number of halogens is 1. The molecule has 0 spiro atoms. The molecule has 4 heteroatoms. The summed E-state index contributed by atoms with van der Waals surface area (Å²) in [6.07, 6.45) is 0.237. The highest BCUT2D eigenvalue weighted by atomic mass is 79.9. The van der Waals surface area contributed by atoms with Crippen LogP contribution in [-0.4, -0.2) is 24.7 Å². The van der Waals surface area contributed by atoms with E-state index in [9.17, 15) is 5.11 Å². The smallest absolute Gasteiger partial charge is 0.0943 e. The van der Waals surface area contributed by atoms with Crippen LogP contribution in [0.4, 0.5) is 0 Å². The Morgan fingerprint density at radius 2 is 2.27 bits per heavy atom. The van der Waals surface area contributed by atoms with Gasteiger partial charge >= 0.3 is 0 Å². The number of hydrogen-bond acceptors (Lipinski definition) is 3. The van der Waals surface area contributed by atoms with Gasteiger partial charge in [0.05, 0.1) is 6.10 Å². The standard InChI is InChI=1S/C11H17BrN2O/c1-14-10(5-6-13)11(15)8-3-2-4-9(12)7-8/h2-4,7,10-11,14-15H,5-6,13H2,1H3. The quantitative estimate of drug-likeness (QED) is 0.760. The second-order valence-electron chi connectivity index (χ2n) is 3.47. The Balaban J connectivity index is 2.77. The second-order valence-corrected chi connectivity index (χ2v) is 4.39. The van der Waals surface area contributed by atoms with Crippen LogP contribution in [0, 0.1) is 0 Å². The molecule has 0 aliphatic heterocycles. The van der Waals surface area contributed by atoms with Gasteiger partial charge in [-0.05, 0) is 37.7 Å². The minimum absolute atomic E-state index is 0.00398. The highest BCUT2D eigenvalue weighted by Gasteiger charge is 2.18. The zero-order chi connectivity index (χ0) is 11.3. The van der Waals surface area contributed by atoms with Crippen molar-refractivity contribution < 1.29 is 5.11 Å². The molecule has 1 aromatic rings. The Morgan fingerprint density at radius 3 is 2.80 bits per heavy atom. The number of benzene rings is 1. The maximum Gasteiger partial charge on any atom is 0.0943 e. The van der Waals surface area contributed by atoms with E-state index in [0.717, 1.165) is 16.5 Å². The zero-order valence-electron chi connectivity index (χ0n) is 8.78. The van der Waals surface area contributed by atoms with E-state index in [0.29, 0.717) is 6.54 Å². The van der Waals surface area contributed by atoms with Crippen molar-refractivity contribution in [2.45, 2.75) is 18.6 Å². The molecule has 1 rings (SSSR count). The van der Waals surface area contributed by atoms with Crippen LogP contribution in [0.3, 0.4) is 0 Å². The SMILES string of the molecule is CNC(CCN)C(O)c1cccc(Br)c1. The number of aliphatic hydroxyl groups is 1. The van der Waals surface area contributed by atoms with Crippen LogP contribution in [-0.2, 0) is 0 Å². The first-order chi connectivity index (χ1) is 7.19. The zero-order valence-corrected chi connectivity index (χ0v) is 10.4. The van der Waals surface area contributed by atoms with Crippen molar-refractivity contribution in [3.63, 3.8) is 0 Å². The average molecular weight is 273 g/mol. The number of rotatable bonds is 5. The average Bonchev–Trinajstić information content (AvgIpc) is 2.25. The van der Waals surface area contributed by atoms with Crippen molar-refractivity contribution in [3.8, 4) is 0 Å². The summed E-state index contributed by atoms with van der Waals surface area (Å²) in [4.78, 5) is 0.